The van der Waals surface area contributed by atoms with E-state index in [4.69, 9.17) is 9.84 Å². The topological polar surface area (TPSA) is 70.6 Å². The van der Waals surface area contributed by atoms with Gasteiger partial charge in [-0.1, -0.05) is 26.0 Å². The second-order valence-electron chi connectivity index (χ2n) is 4.80. The highest BCUT2D eigenvalue weighted by molar-refractivity contribution is 5.90. The lowest BCUT2D eigenvalue weighted by Gasteiger charge is -2.14. The summed E-state index contributed by atoms with van der Waals surface area (Å²) in [5, 5.41) is 14.4. The van der Waals surface area contributed by atoms with Crippen molar-refractivity contribution < 1.29 is 14.6 Å². The van der Waals surface area contributed by atoms with Crippen molar-refractivity contribution >= 4 is 11.7 Å². The highest BCUT2D eigenvalue weighted by atomic mass is 16.5. The van der Waals surface area contributed by atoms with Crippen LogP contribution in [0.2, 0.25) is 0 Å². The first-order valence-corrected chi connectivity index (χ1v) is 7.05. The van der Waals surface area contributed by atoms with Crippen molar-refractivity contribution in [1.82, 2.24) is 5.32 Å². The van der Waals surface area contributed by atoms with Gasteiger partial charge in [0.1, 0.15) is 5.75 Å². The van der Waals surface area contributed by atoms with Crippen LogP contribution < -0.4 is 15.4 Å². The fourth-order valence-corrected chi connectivity index (χ4v) is 1.66. The second-order valence-corrected chi connectivity index (χ2v) is 4.80. The van der Waals surface area contributed by atoms with E-state index < -0.39 is 0 Å². The van der Waals surface area contributed by atoms with Gasteiger partial charge in [-0.15, -0.1) is 0 Å². The molecule has 1 rings (SSSR count). The zero-order chi connectivity index (χ0) is 14.8. The summed E-state index contributed by atoms with van der Waals surface area (Å²) in [6, 6.07) is 7.10. The first kappa shape index (κ1) is 16.3. The summed E-state index contributed by atoms with van der Waals surface area (Å²) < 4.78 is 5.58. The van der Waals surface area contributed by atoms with Crippen LogP contribution in [-0.4, -0.2) is 30.9 Å². The van der Waals surface area contributed by atoms with E-state index in [1.54, 1.807) is 0 Å². The third-order valence-electron chi connectivity index (χ3n) is 2.83. The largest absolute Gasteiger partial charge is 0.491 e. The number of urea groups is 1. The Morgan fingerprint density at radius 3 is 2.85 bits per heavy atom. The molecule has 0 aliphatic carbocycles. The summed E-state index contributed by atoms with van der Waals surface area (Å²) >= 11 is 0. The molecule has 0 aliphatic heterocycles. The molecule has 2 amide bonds. The average molecular weight is 280 g/mol. The Morgan fingerprint density at radius 2 is 2.15 bits per heavy atom. The van der Waals surface area contributed by atoms with Gasteiger partial charge in [0.15, 0.2) is 0 Å². The van der Waals surface area contributed by atoms with Crippen LogP contribution in [0, 0.1) is 5.92 Å². The molecule has 0 bridgehead atoms. The van der Waals surface area contributed by atoms with E-state index >= 15 is 0 Å². The highest BCUT2D eigenvalue weighted by Gasteiger charge is 2.08. The molecule has 1 unspecified atom stereocenters. The number of benzene rings is 1. The maximum atomic E-state index is 11.8. The minimum atomic E-state index is -0.262. The number of amides is 2. The summed E-state index contributed by atoms with van der Waals surface area (Å²) in [4.78, 5) is 11.8. The van der Waals surface area contributed by atoms with Gasteiger partial charge in [0.2, 0.25) is 0 Å². The fourth-order valence-electron chi connectivity index (χ4n) is 1.66. The predicted molar refractivity (Wildman–Crippen MR) is 80.1 cm³/mol. The minimum absolute atomic E-state index is 0.137. The lowest BCUT2D eigenvalue weighted by molar-refractivity contribution is 0.243. The van der Waals surface area contributed by atoms with Gasteiger partial charge in [-0.25, -0.2) is 4.79 Å². The van der Waals surface area contributed by atoms with Gasteiger partial charge >= 0.3 is 6.03 Å². The van der Waals surface area contributed by atoms with Crippen LogP contribution in [-0.2, 0) is 0 Å². The second kappa shape index (κ2) is 9.20. The molecule has 0 saturated carbocycles. The number of hydrogen-bond donors (Lipinski definition) is 3. The van der Waals surface area contributed by atoms with Crippen LogP contribution in [0.4, 0.5) is 10.5 Å². The van der Waals surface area contributed by atoms with Gasteiger partial charge in [0.05, 0.1) is 12.3 Å². The quantitative estimate of drug-likeness (QED) is 0.685. The third-order valence-corrected chi connectivity index (χ3v) is 2.83. The number of carbonyl (C=O) groups excluding carboxylic acids is 1. The molecule has 20 heavy (non-hydrogen) atoms. The van der Waals surface area contributed by atoms with E-state index in [0.29, 0.717) is 31.0 Å². The van der Waals surface area contributed by atoms with Gasteiger partial charge in [0, 0.05) is 13.2 Å². The Morgan fingerprint density at radius 1 is 1.40 bits per heavy atom. The van der Waals surface area contributed by atoms with Gasteiger partial charge in [-0.3, -0.25) is 0 Å². The molecule has 0 radical (unpaired) electrons. The van der Waals surface area contributed by atoms with Gasteiger partial charge < -0.3 is 20.5 Å². The lowest BCUT2D eigenvalue weighted by Crippen LogP contribution is -2.32. The molecule has 5 heteroatoms. The van der Waals surface area contributed by atoms with Crippen molar-refractivity contribution in [2.24, 2.45) is 5.92 Å². The molecule has 0 aliphatic rings. The Balaban J connectivity index is 2.48. The summed E-state index contributed by atoms with van der Waals surface area (Å²) in [6.45, 7) is 5.30. The Kier molecular flexibility index (Phi) is 7.50. The van der Waals surface area contributed by atoms with Crippen molar-refractivity contribution in [3.05, 3.63) is 24.3 Å². The molecule has 0 spiro atoms. The van der Waals surface area contributed by atoms with E-state index in [1.807, 2.05) is 38.1 Å². The molecule has 3 N–H and O–H groups in total. The Labute approximate surface area is 120 Å². The van der Waals surface area contributed by atoms with E-state index in [0.717, 1.165) is 6.42 Å². The number of anilines is 1. The van der Waals surface area contributed by atoms with Gasteiger partial charge in [0.25, 0.3) is 0 Å². The lowest BCUT2D eigenvalue weighted by atomic mass is 10.1. The van der Waals surface area contributed by atoms with E-state index in [-0.39, 0.29) is 18.6 Å². The molecule has 5 nitrogen and oxygen atoms in total. The number of para-hydroxylation sites is 2. The Hall–Kier alpha value is -1.75. The summed E-state index contributed by atoms with van der Waals surface area (Å²) in [7, 11) is 0. The predicted octanol–water partition coefficient (Wildman–Crippen LogP) is 2.62. The zero-order valence-corrected chi connectivity index (χ0v) is 12.2. The first-order chi connectivity index (χ1) is 9.67. The number of hydrogen-bond acceptors (Lipinski definition) is 3. The van der Waals surface area contributed by atoms with Gasteiger partial charge in [-0.05, 0) is 30.9 Å². The molecular weight excluding hydrogens is 256 g/mol. The van der Waals surface area contributed by atoms with Crippen LogP contribution in [0.1, 0.15) is 26.7 Å². The molecule has 0 heterocycles. The monoisotopic (exact) mass is 280 g/mol. The van der Waals surface area contributed by atoms with Crippen LogP contribution >= 0.6 is 0 Å². The molecule has 0 fully saturated rings. The molecule has 1 aromatic carbocycles. The normalized spacial score (nSPS) is 11.8. The van der Waals surface area contributed by atoms with Gasteiger partial charge in [-0.2, -0.15) is 0 Å². The van der Waals surface area contributed by atoms with Crippen molar-refractivity contribution in [2.45, 2.75) is 26.7 Å². The standard InChI is InChI=1S/C15H24N2O3/c1-3-10-20-14-7-5-4-6-13(14)17-15(19)16-11-12(2)8-9-18/h4-7,12,18H,3,8-11H2,1-2H3,(H2,16,17,19). The SMILES string of the molecule is CCCOc1ccccc1NC(=O)NCC(C)CCO. The van der Waals surface area contributed by atoms with Crippen molar-refractivity contribution in [1.29, 1.82) is 0 Å². The molecule has 0 saturated heterocycles. The summed E-state index contributed by atoms with van der Waals surface area (Å²) in [5.41, 5.74) is 0.660. The molecule has 1 atom stereocenters. The maximum absolute atomic E-state index is 11.8. The molecule has 1 aromatic rings. The molecular formula is C15H24N2O3. The van der Waals surface area contributed by atoms with E-state index in [2.05, 4.69) is 10.6 Å². The summed E-state index contributed by atoms with van der Waals surface area (Å²) in [6.07, 6.45) is 1.59. The van der Waals surface area contributed by atoms with Crippen LogP contribution in [0.5, 0.6) is 5.75 Å². The Bertz CT molecular complexity index is 410. The number of carbonyl (C=O) groups is 1. The number of aliphatic hydroxyl groups excluding tert-OH is 1. The van der Waals surface area contributed by atoms with E-state index in [1.165, 1.54) is 0 Å². The average Bonchev–Trinajstić information content (AvgIpc) is 2.44. The van der Waals surface area contributed by atoms with Crippen molar-refractivity contribution in [2.75, 3.05) is 25.1 Å². The number of ether oxygens (including phenoxy) is 1. The summed E-state index contributed by atoms with van der Waals surface area (Å²) in [5.74, 6) is 0.922. The zero-order valence-electron chi connectivity index (χ0n) is 12.2. The first-order valence-electron chi connectivity index (χ1n) is 7.05. The van der Waals surface area contributed by atoms with Crippen molar-refractivity contribution in [3.8, 4) is 5.75 Å². The maximum Gasteiger partial charge on any atom is 0.319 e. The molecule has 112 valence electrons. The fraction of sp³-hybridized carbons (Fsp3) is 0.533. The number of rotatable bonds is 8. The number of aliphatic hydroxyl groups is 1. The van der Waals surface area contributed by atoms with Crippen LogP contribution in [0.25, 0.3) is 0 Å². The van der Waals surface area contributed by atoms with Crippen LogP contribution in [0.15, 0.2) is 24.3 Å². The third kappa shape index (κ3) is 5.93. The highest BCUT2D eigenvalue weighted by Crippen LogP contribution is 2.23. The van der Waals surface area contributed by atoms with E-state index in [9.17, 15) is 4.79 Å². The smallest absolute Gasteiger partial charge is 0.319 e. The number of nitrogens with one attached hydrogen (secondary N) is 2. The van der Waals surface area contributed by atoms with Crippen LogP contribution in [0.3, 0.4) is 0 Å². The van der Waals surface area contributed by atoms with Crippen molar-refractivity contribution in [3.63, 3.8) is 0 Å². The minimum Gasteiger partial charge on any atom is -0.491 e. The molecule has 0 aromatic heterocycles.